The molecule has 0 fully saturated rings. The van der Waals surface area contributed by atoms with Crippen LogP contribution in [0, 0.1) is 5.41 Å². The zero-order valence-corrected chi connectivity index (χ0v) is 11.2. The molecule has 0 aliphatic carbocycles. The summed E-state index contributed by atoms with van der Waals surface area (Å²) in [6, 6.07) is 3.12. The number of nitrogen functional groups attached to an aromatic ring is 1. The highest BCUT2D eigenvalue weighted by Gasteiger charge is 2.04. The largest absolute Gasteiger partial charge is 0.447 e. The molecule has 8 nitrogen and oxygen atoms in total. The summed E-state index contributed by atoms with van der Waals surface area (Å²) < 4.78 is 14.8. The van der Waals surface area contributed by atoms with Crippen molar-refractivity contribution in [3.05, 3.63) is 23.9 Å². The van der Waals surface area contributed by atoms with E-state index in [9.17, 15) is 4.79 Å². The minimum Gasteiger partial charge on any atom is -0.447 e. The number of pyridine rings is 1. The molecule has 8 heteroatoms. The lowest BCUT2D eigenvalue weighted by Gasteiger charge is -2.07. The van der Waals surface area contributed by atoms with Gasteiger partial charge in [0.1, 0.15) is 18.3 Å². The second kappa shape index (κ2) is 8.83. The molecule has 0 atom stereocenters. The molecule has 110 valence electrons. The number of carbonyl (C=O) groups is 1. The summed E-state index contributed by atoms with van der Waals surface area (Å²) in [4.78, 5) is 15.3. The molecule has 1 aromatic heterocycles. The second-order valence-electron chi connectivity index (χ2n) is 3.71. The standard InChI is InChI=1S/C12H18N4O4/c1-18-4-5-19-6-7-20-12(17)16-10-3-2-9(8-15-10)11(13)14/h2-3,8H,4-7H2,1H3,(H3,13,14)(H,15,16,17). The number of amides is 1. The lowest BCUT2D eigenvalue weighted by molar-refractivity contribution is 0.0447. The van der Waals surface area contributed by atoms with Crippen molar-refractivity contribution in [1.82, 2.24) is 4.98 Å². The maximum atomic E-state index is 11.4. The van der Waals surface area contributed by atoms with E-state index < -0.39 is 6.09 Å². The number of carbonyl (C=O) groups excluding carboxylic acids is 1. The molecule has 1 amide bonds. The molecule has 0 bridgehead atoms. The first kappa shape index (κ1) is 15.9. The minimum absolute atomic E-state index is 0.0835. The Morgan fingerprint density at radius 1 is 1.35 bits per heavy atom. The minimum atomic E-state index is -0.622. The lowest BCUT2D eigenvalue weighted by atomic mass is 10.2. The summed E-state index contributed by atoms with van der Waals surface area (Å²) in [5.41, 5.74) is 5.77. The van der Waals surface area contributed by atoms with Crippen LogP contribution in [-0.2, 0) is 14.2 Å². The molecule has 1 heterocycles. The second-order valence-corrected chi connectivity index (χ2v) is 3.71. The molecule has 0 aliphatic rings. The van der Waals surface area contributed by atoms with Crippen LogP contribution in [0.5, 0.6) is 0 Å². The fourth-order valence-corrected chi connectivity index (χ4v) is 1.21. The molecular formula is C12H18N4O4. The number of aromatic nitrogens is 1. The highest BCUT2D eigenvalue weighted by Crippen LogP contribution is 2.04. The number of hydrogen-bond donors (Lipinski definition) is 3. The summed E-state index contributed by atoms with van der Waals surface area (Å²) in [6.45, 7) is 1.39. The molecule has 4 N–H and O–H groups in total. The quantitative estimate of drug-likeness (QED) is 0.364. The summed E-state index contributed by atoms with van der Waals surface area (Å²) in [5, 5.41) is 9.66. The Bertz CT molecular complexity index is 436. The Kier molecular flexibility index (Phi) is 7.01. The van der Waals surface area contributed by atoms with E-state index >= 15 is 0 Å². The topological polar surface area (TPSA) is 120 Å². The lowest BCUT2D eigenvalue weighted by Crippen LogP contribution is -2.18. The molecule has 0 unspecified atom stereocenters. The number of nitrogens with zero attached hydrogens (tertiary/aromatic N) is 1. The van der Waals surface area contributed by atoms with Crippen molar-refractivity contribution in [2.75, 3.05) is 38.9 Å². The van der Waals surface area contributed by atoms with Gasteiger partial charge < -0.3 is 19.9 Å². The summed E-state index contributed by atoms with van der Waals surface area (Å²) >= 11 is 0. The summed E-state index contributed by atoms with van der Waals surface area (Å²) in [5.74, 6) is 0.236. The van der Waals surface area contributed by atoms with Crippen LogP contribution < -0.4 is 11.1 Å². The van der Waals surface area contributed by atoms with Gasteiger partial charge in [-0.3, -0.25) is 10.7 Å². The maximum Gasteiger partial charge on any atom is 0.412 e. The van der Waals surface area contributed by atoms with Crippen molar-refractivity contribution in [2.45, 2.75) is 0 Å². The molecule has 1 rings (SSSR count). The van der Waals surface area contributed by atoms with Gasteiger partial charge in [0.2, 0.25) is 0 Å². The van der Waals surface area contributed by atoms with Gasteiger partial charge in [0.15, 0.2) is 0 Å². The Morgan fingerprint density at radius 2 is 2.10 bits per heavy atom. The summed E-state index contributed by atoms with van der Waals surface area (Å²) in [7, 11) is 1.58. The van der Waals surface area contributed by atoms with E-state index in [1.165, 1.54) is 12.3 Å². The van der Waals surface area contributed by atoms with Gasteiger partial charge in [-0.15, -0.1) is 0 Å². The van der Waals surface area contributed by atoms with Gasteiger partial charge in [-0.2, -0.15) is 0 Å². The average molecular weight is 282 g/mol. The highest BCUT2D eigenvalue weighted by atomic mass is 16.6. The van der Waals surface area contributed by atoms with Crippen LogP contribution >= 0.6 is 0 Å². The van der Waals surface area contributed by atoms with Crippen LogP contribution in [0.4, 0.5) is 10.6 Å². The third-order valence-electron chi connectivity index (χ3n) is 2.20. The maximum absolute atomic E-state index is 11.4. The van der Waals surface area contributed by atoms with Crippen molar-refractivity contribution in [1.29, 1.82) is 5.41 Å². The van der Waals surface area contributed by atoms with E-state index in [2.05, 4.69) is 10.3 Å². The van der Waals surface area contributed by atoms with Gasteiger partial charge in [0.05, 0.1) is 19.8 Å². The third-order valence-corrected chi connectivity index (χ3v) is 2.20. The Balaban J connectivity index is 2.23. The van der Waals surface area contributed by atoms with Crippen LogP contribution in [0.1, 0.15) is 5.56 Å². The molecule has 1 aromatic rings. The van der Waals surface area contributed by atoms with Crippen molar-refractivity contribution in [3.8, 4) is 0 Å². The van der Waals surface area contributed by atoms with Crippen LogP contribution in [0.25, 0.3) is 0 Å². The molecule has 0 radical (unpaired) electrons. The van der Waals surface area contributed by atoms with Crippen molar-refractivity contribution < 1.29 is 19.0 Å². The number of hydrogen-bond acceptors (Lipinski definition) is 6. The average Bonchev–Trinajstić information content (AvgIpc) is 2.43. The summed E-state index contributed by atoms with van der Waals surface area (Å²) in [6.07, 6.45) is 0.773. The van der Waals surface area contributed by atoms with Gasteiger partial charge in [-0.05, 0) is 12.1 Å². The Labute approximate surface area is 116 Å². The monoisotopic (exact) mass is 282 g/mol. The zero-order valence-electron chi connectivity index (χ0n) is 11.2. The van der Waals surface area contributed by atoms with Crippen LogP contribution in [0.3, 0.4) is 0 Å². The van der Waals surface area contributed by atoms with Crippen LogP contribution in [0.15, 0.2) is 18.3 Å². The number of anilines is 1. The van der Waals surface area contributed by atoms with Crippen LogP contribution in [-0.4, -0.2) is 50.5 Å². The predicted octanol–water partition coefficient (Wildman–Crippen LogP) is 0.577. The number of amidine groups is 1. The Hall–Kier alpha value is -2.19. The fourth-order valence-electron chi connectivity index (χ4n) is 1.21. The van der Waals surface area contributed by atoms with Gasteiger partial charge in [0, 0.05) is 18.9 Å². The number of ether oxygens (including phenoxy) is 3. The van der Waals surface area contributed by atoms with E-state index in [1.54, 1.807) is 13.2 Å². The van der Waals surface area contributed by atoms with Crippen molar-refractivity contribution in [2.24, 2.45) is 5.73 Å². The molecule has 0 saturated carbocycles. The van der Waals surface area contributed by atoms with E-state index in [-0.39, 0.29) is 12.4 Å². The van der Waals surface area contributed by atoms with Crippen LogP contribution in [0.2, 0.25) is 0 Å². The van der Waals surface area contributed by atoms with E-state index in [0.717, 1.165) is 0 Å². The zero-order chi connectivity index (χ0) is 14.8. The van der Waals surface area contributed by atoms with Gasteiger partial charge in [-0.1, -0.05) is 0 Å². The highest BCUT2D eigenvalue weighted by molar-refractivity contribution is 5.95. The molecule has 0 saturated heterocycles. The first-order valence-corrected chi connectivity index (χ1v) is 5.94. The number of methoxy groups -OCH3 is 1. The first-order chi connectivity index (χ1) is 9.63. The van der Waals surface area contributed by atoms with Gasteiger partial charge in [0.25, 0.3) is 0 Å². The fraction of sp³-hybridized carbons (Fsp3) is 0.417. The number of nitrogens with two attached hydrogens (primary N) is 1. The Morgan fingerprint density at radius 3 is 2.70 bits per heavy atom. The molecular weight excluding hydrogens is 264 g/mol. The third kappa shape index (κ3) is 6.12. The van der Waals surface area contributed by atoms with Gasteiger partial charge in [-0.25, -0.2) is 9.78 Å². The van der Waals surface area contributed by atoms with Crippen molar-refractivity contribution >= 4 is 17.7 Å². The van der Waals surface area contributed by atoms with E-state index in [0.29, 0.717) is 31.2 Å². The van der Waals surface area contributed by atoms with Gasteiger partial charge >= 0.3 is 6.09 Å². The number of nitrogens with one attached hydrogen (secondary N) is 2. The van der Waals surface area contributed by atoms with Crippen molar-refractivity contribution in [3.63, 3.8) is 0 Å². The molecule has 0 spiro atoms. The number of rotatable bonds is 8. The molecule has 0 aromatic carbocycles. The first-order valence-electron chi connectivity index (χ1n) is 5.94. The normalized spacial score (nSPS) is 10.1. The molecule has 20 heavy (non-hydrogen) atoms. The predicted molar refractivity (Wildman–Crippen MR) is 72.9 cm³/mol. The van der Waals surface area contributed by atoms with E-state index in [1.807, 2.05) is 0 Å². The molecule has 0 aliphatic heterocycles. The van der Waals surface area contributed by atoms with E-state index in [4.69, 9.17) is 25.4 Å². The smallest absolute Gasteiger partial charge is 0.412 e. The SMILES string of the molecule is COCCOCCOC(=O)Nc1ccc(C(=N)N)cn1.